The summed E-state index contributed by atoms with van der Waals surface area (Å²) in [6, 6.07) is 11.2. The monoisotopic (exact) mass is 430 g/mol. The van der Waals surface area contributed by atoms with Crippen LogP contribution in [0, 0.1) is 5.82 Å². The molecule has 0 unspecified atom stereocenters. The fraction of sp³-hybridized carbons (Fsp3) is 0.368. The fourth-order valence-electron chi connectivity index (χ4n) is 3.20. The summed E-state index contributed by atoms with van der Waals surface area (Å²) in [4.78, 5) is 2.25. The molecule has 1 heterocycles. The average Bonchev–Trinajstić information content (AvgIpc) is 2.61. The quantitative estimate of drug-likeness (QED) is 0.746. The largest absolute Gasteiger partial charge is 0.299 e. The van der Waals surface area contributed by atoms with E-state index in [4.69, 9.17) is 23.2 Å². The second-order valence-electron chi connectivity index (χ2n) is 6.80. The highest BCUT2D eigenvalue weighted by molar-refractivity contribution is 7.88. The van der Waals surface area contributed by atoms with E-state index in [-0.39, 0.29) is 17.6 Å². The van der Waals surface area contributed by atoms with E-state index < -0.39 is 10.0 Å². The van der Waals surface area contributed by atoms with E-state index in [0.717, 1.165) is 38.0 Å². The summed E-state index contributed by atoms with van der Waals surface area (Å²) in [5.41, 5.74) is 1.65. The number of hydrogen-bond donors (Lipinski definition) is 1. The Kier molecular flexibility index (Phi) is 6.76. The lowest BCUT2D eigenvalue weighted by atomic mass is 10.1. The molecule has 1 fully saturated rings. The first kappa shape index (κ1) is 20.6. The third-order valence-electron chi connectivity index (χ3n) is 4.59. The van der Waals surface area contributed by atoms with Gasteiger partial charge in [0.1, 0.15) is 5.82 Å². The van der Waals surface area contributed by atoms with E-state index >= 15 is 0 Å². The summed E-state index contributed by atoms with van der Waals surface area (Å²) in [5, 5.41) is 0.748. The first-order chi connectivity index (χ1) is 12.8. The molecule has 0 spiro atoms. The van der Waals surface area contributed by atoms with Crippen molar-refractivity contribution in [1.82, 2.24) is 9.62 Å². The molecule has 0 bridgehead atoms. The highest BCUT2D eigenvalue weighted by Gasteiger charge is 2.24. The van der Waals surface area contributed by atoms with Crippen molar-refractivity contribution in [1.29, 1.82) is 0 Å². The van der Waals surface area contributed by atoms with Crippen LogP contribution in [0.3, 0.4) is 0 Å². The van der Waals surface area contributed by atoms with E-state index in [1.165, 1.54) is 12.1 Å². The molecule has 0 radical (unpaired) electrons. The standard InChI is InChI=1S/C19H21Cl2FN2O2S/c20-18-6-3-15(11-19(18)21)13-27(25,26)23-17-7-9-24(10-8-17)12-14-1-4-16(22)5-2-14/h1-6,11,17,23H,7-10,12-13H2. The molecule has 1 saturated heterocycles. The summed E-state index contributed by atoms with van der Waals surface area (Å²) in [5.74, 6) is -0.367. The van der Waals surface area contributed by atoms with E-state index in [2.05, 4.69) is 9.62 Å². The Labute approximate surface area is 169 Å². The van der Waals surface area contributed by atoms with Gasteiger partial charge in [-0.1, -0.05) is 41.4 Å². The minimum absolute atomic E-state index is 0.0813. The van der Waals surface area contributed by atoms with Crippen LogP contribution >= 0.6 is 23.2 Å². The van der Waals surface area contributed by atoms with Gasteiger partial charge in [-0.3, -0.25) is 4.90 Å². The predicted molar refractivity (Wildman–Crippen MR) is 107 cm³/mol. The van der Waals surface area contributed by atoms with Gasteiger partial charge in [-0.05, 0) is 48.2 Å². The van der Waals surface area contributed by atoms with Crippen molar-refractivity contribution in [2.45, 2.75) is 31.2 Å². The van der Waals surface area contributed by atoms with Crippen LogP contribution in [0.25, 0.3) is 0 Å². The number of sulfonamides is 1. The second-order valence-corrected chi connectivity index (χ2v) is 9.37. The number of halogens is 3. The number of nitrogens with one attached hydrogen (secondary N) is 1. The maximum Gasteiger partial charge on any atom is 0.216 e. The van der Waals surface area contributed by atoms with Crippen LogP contribution in [-0.2, 0) is 22.3 Å². The van der Waals surface area contributed by atoms with Gasteiger partial charge in [-0.25, -0.2) is 17.5 Å². The normalized spacial score (nSPS) is 16.6. The van der Waals surface area contributed by atoms with Gasteiger partial charge in [0.2, 0.25) is 10.0 Å². The molecule has 0 aliphatic carbocycles. The van der Waals surface area contributed by atoms with Crippen LogP contribution in [0.4, 0.5) is 4.39 Å². The molecule has 0 atom stereocenters. The molecule has 1 aliphatic rings. The maximum atomic E-state index is 13.0. The number of piperidine rings is 1. The zero-order valence-corrected chi connectivity index (χ0v) is 17.0. The van der Waals surface area contributed by atoms with E-state index in [0.29, 0.717) is 15.6 Å². The van der Waals surface area contributed by atoms with Gasteiger partial charge in [0.15, 0.2) is 0 Å². The predicted octanol–water partition coefficient (Wildman–Crippen LogP) is 4.22. The minimum atomic E-state index is -3.46. The van der Waals surface area contributed by atoms with Crippen LogP contribution in [0.15, 0.2) is 42.5 Å². The highest BCUT2D eigenvalue weighted by atomic mass is 35.5. The van der Waals surface area contributed by atoms with Crippen molar-refractivity contribution in [2.24, 2.45) is 0 Å². The van der Waals surface area contributed by atoms with Crippen molar-refractivity contribution in [2.75, 3.05) is 13.1 Å². The molecular formula is C19H21Cl2FN2O2S. The first-order valence-corrected chi connectivity index (χ1v) is 11.1. The van der Waals surface area contributed by atoms with E-state index in [1.54, 1.807) is 30.3 Å². The number of nitrogens with zero attached hydrogens (tertiary/aromatic N) is 1. The third kappa shape index (κ3) is 6.16. The lowest BCUT2D eigenvalue weighted by Gasteiger charge is -2.32. The molecule has 1 N–H and O–H groups in total. The van der Waals surface area contributed by atoms with Crippen LogP contribution in [-0.4, -0.2) is 32.4 Å². The molecule has 1 aliphatic heterocycles. The first-order valence-electron chi connectivity index (χ1n) is 8.71. The molecular weight excluding hydrogens is 410 g/mol. The van der Waals surface area contributed by atoms with Gasteiger partial charge in [0.25, 0.3) is 0 Å². The van der Waals surface area contributed by atoms with Crippen LogP contribution in [0.2, 0.25) is 10.0 Å². The summed E-state index contributed by atoms with van der Waals surface area (Å²) < 4.78 is 40.6. The van der Waals surface area contributed by atoms with E-state index in [9.17, 15) is 12.8 Å². The van der Waals surface area contributed by atoms with Crippen LogP contribution < -0.4 is 4.72 Å². The molecule has 2 aromatic carbocycles. The highest BCUT2D eigenvalue weighted by Crippen LogP contribution is 2.23. The smallest absolute Gasteiger partial charge is 0.216 e. The van der Waals surface area contributed by atoms with Gasteiger partial charge in [0.05, 0.1) is 15.8 Å². The summed E-state index contributed by atoms with van der Waals surface area (Å²) >= 11 is 11.8. The molecule has 2 aromatic rings. The van der Waals surface area contributed by atoms with Crippen molar-refractivity contribution < 1.29 is 12.8 Å². The molecule has 0 amide bonds. The van der Waals surface area contributed by atoms with Crippen molar-refractivity contribution in [3.8, 4) is 0 Å². The molecule has 3 rings (SSSR count). The third-order valence-corrected chi connectivity index (χ3v) is 6.74. The number of benzene rings is 2. The zero-order valence-electron chi connectivity index (χ0n) is 14.7. The molecule has 4 nitrogen and oxygen atoms in total. The minimum Gasteiger partial charge on any atom is -0.299 e. The molecule has 0 saturated carbocycles. The summed E-state index contributed by atoms with van der Waals surface area (Å²) in [6.07, 6.45) is 1.48. The number of likely N-dealkylation sites (tertiary alicyclic amines) is 1. The second kappa shape index (κ2) is 8.88. The Morgan fingerprint density at radius 3 is 2.26 bits per heavy atom. The Morgan fingerprint density at radius 2 is 1.63 bits per heavy atom. The van der Waals surface area contributed by atoms with Crippen LogP contribution in [0.1, 0.15) is 24.0 Å². The van der Waals surface area contributed by atoms with Gasteiger partial charge >= 0.3 is 0 Å². The Bertz CT molecular complexity index is 883. The maximum absolute atomic E-state index is 13.0. The van der Waals surface area contributed by atoms with Crippen molar-refractivity contribution >= 4 is 33.2 Å². The van der Waals surface area contributed by atoms with Gasteiger partial charge in [0, 0.05) is 25.7 Å². The Hall–Kier alpha value is -1.18. The molecule has 8 heteroatoms. The molecule has 27 heavy (non-hydrogen) atoms. The van der Waals surface area contributed by atoms with Crippen LogP contribution in [0.5, 0.6) is 0 Å². The van der Waals surface area contributed by atoms with Crippen molar-refractivity contribution in [3.63, 3.8) is 0 Å². The van der Waals surface area contributed by atoms with Crippen molar-refractivity contribution in [3.05, 3.63) is 69.5 Å². The number of rotatable bonds is 6. The van der Waals surface area contributed by atoms with Gasteiger partial charge in [-0.15, -0.1) is 0 Å². The zero-order chi connectivity index (χ0) is 19.4. The summed E-state index contributed by atoms with van der Waals surface area (Å²) in [6.45, 7) is 2.32. The van der Waals surface area contributed by atoms with Gasteiger partial charge in [-0.2, -0.15) is 0 Å². The fourth-order valence-corrected chi connectivity index (χ4v) is 4.97. The van der Waals surface area contributed by atoms with E-state index in [1.807, 2.05) is 0 Å². The average molecular weight is 431 g/mol. The van der Waals surface area contributed by atoms with Gasteiger partial charge < -0.3 is 0 Å². The molecule has 0 aromatic heterocycles. The lowest BCUT2D eigenvalue weighted by molar-refractivity contribution is 0.200. The lowest BCUT2D eigenvalue weighted by Crippen LogP contribution is -2.44. The topological polar surface area (TPSA) is 49.4 Å². The number of hydrogen-bond acceptors (Lipinski definition) is 3. The SMILES string of the molecule is O=S(=O)(Cc1ccc(Cl)c(Cl)c1)NC1CCN(Cc2ccc(F)cc2)CC1. The molecule has 146 valence electrons. The summed E-state index contributed by atoms with van der Waals surface area (Å²) in [7, 11) is -3.46. The Balaban J connectivity index is 1.50. The Morgan fingerprint density at radius 1 is 1.00 bits per heavy atom.